The molecule has 13 N–H and O–H groups in total. The highest BCUT2D eigenvalue weighted by Crippen LogP contribution is 2.24. The predicted octanol–water partition coefficient (Wildman–Crippen LogP) is 15.7. The molecule has 36 heteroatoms. The molecule has 126 heavy (non-hydrogen) atoms. The van der Waals surface area contributed by atoms with E-state index in [4.69, 9.17) is 14.2 Å². The number of carbonyl (C=O) groups excluding carboxylic acids is 5. The van der Waals surface area contributed by atoms with E-state index < -0.39 is 0 Å². The molecule has 0 aliphatic rings. The summed E-state index contributed by atoms with van der Waals surface area (Å²) in [5, 5.41) is 37.3. The summed E-state index contributed by atoms with van der Waals surface area (Å²) < 4.78 is 15.3. The highest BCUT2D eigenvalue weighted by atomic mass is 16.5. The molecule has 0 unspecified atom stereocenters. The maximum absolute atomic E-state index is 12.4. The Morgan fingerprint density at radius 3 is 0.706 bits per heavy atom. The monoisotopic (exact) mass is 1690 g/mol. The number of hydrogen-bond donors (Lipinski definition) is 13. The van der Waals surface area contributed by atoms with Crippen LogP contribution in [0.4, 0.5) is 106 Å². The summed E-state index contributed by atoms with van der Waals surface area (Å²) in [5.74, 6) is 2.36. The van der Waals surface area contributed by atoms with Gasteiger partial charge in [0.15, 0.2) is 0 Å². The Balaban J connectivity index is 0.000000153. The number of anilines is 18. The first kappa shape index (κ1) is 89.2. The van der Waals surface area contributed by atoms with Gasteiger partial charge in [-0.3, -0.25) is 50.6 Å². The molecule has 0 saturated carbocycles. The standard InChI is InChI=1S/C18H18N6O2.2C18H18N6O.2C18H17N5O2/c1-19-16-22-17(20-13-8-4-3-5-9-13)24-18(23-16)21-15(25)12-7-6-10-14(11-12)26-2;1-12-7-6-8-13(11-12)15(25)21-18-23-16(19-2)22-17(24-18)20-14-9-4-3-5-10-14;1-12-8-10-13(11-9-12)15(25)21-18-23-16(19-2)22-17(24-18)20-14-6-4-3-5-7-14;1-12-7-6-8-13(11-12)15(24)20-17-21-16(22-18(23-17)25-2)19-14-9-4-3-5-10-14;1-12-8-10-13(11-9-12)15(24)20-17-21-16(22-18(23-17)25-2)19-14-6-4-3-5-7-14/h3-11H,1-2H3,(H3,19,20,21,22,23,24,25);2*3-11H,1-2H3,(H3,19,20,21,22,23,24,25);2*3-11H,1-2H3,(H2,19,20,21,22,23,24). The number of carbonyl (C=O) groups is 5. The fourth-order valence-corrected chi connectivity index (χ4v) is 10.8. The van der Waals surface area contributed by atoms with Crippen LogP contribution < -0.4 is 83.3 Å². The van der Waals surface area contributed by atoms with Crippen LogP contribution in [0.5, 0.6) is 17.8 Å². The zero-order valence-corrected chi connectivity index (χ0v) is 70.0. The second kappa shape index (κ2) is 45.5. The lowest BCUT2D eigenvalue weighted by molar-refractivity contribution is 0.101. The van der Waals surface area contributed by atoms with Gasteiger partial charge in [0, 0.05) is 77.4 Å². The first-order chi connectivity index (χ1) is 61.2. The third-order valence-electron chi connectivity index (χ3n) is 17.0. The Bertz CT molecular complexity index is 5830. The minimum absolute atomic E-state index is 0.104. The van der Waals surface area contributed by atoms with Crippen LogP contribution >= 0.6 is 0 Å². The molecule has 5 amide bonds. The van der Waals surface area contributed by atoms with E-state index >= 15 is 0 Å². The molecule has 0 saturated heterocycles. The van der Waals surface area contributed by atoms with E-state index in [-0.39, 0.29) is 83.2 Å². The van der Waals surface area contributed by atoms with Crippen LogP contribution in [0.3, 0.4) is 0 Å². The molecule has 0 radical (unpaired) electrons. The number of methoxy groups -OCH3 is 3. The van der Waals surface area contributed by atoms with Crippen molar-refractivity contribution < 1.29 is 38.2 Å². The van der Waals surface area contributed by atoms with Crippen LogP contribution in [0.2, 0.25) is 0 Å². The number of hydrogen-bond acceptors (Lipinski definition) is 31. The third-order valence-corrected chi connectivity index (χ3v) is 17.0. The van der Waals surface area contributed by atoms with Crippen LogP contribution in [0.1, 0.15) is 74.0 Å². The number of para-hydroxylation sites is 5. The second-order valence-electron chi connectivity index (χ2n) is 26.5. The molecular formula is C90H88N28O8. The van der Waals surface area contributed by atoms with Crippen LogP contribution in [-0.4, -0.2) is 147 Å². The predicted molar refractivity (Wildman–Crippen MR) is 487 cm³/mol. The van der Waals surface area contributed by atoms with Crippen LogP contribution in [0.15, 0.2) is 273 Å². The molecule has 5 heterocycles. The van der Waals surface area contributed by atoms with Crippen molar-refractivity contribution in [1.82, 2.24) is 74.8 Å². The average Bonchev–Trinajstić information content (AvgIpc) is 0.855. The molecule has 0 spiro atoms. The largest absolute Gasteiger partial charge is 0.497 e. The number of aryl methyl sites for hydroxylation is 4. The minimum atomic E-state index is -0.345. The van der Waals surface area contributed by atoms with E-state index in [0.717, 1.165) is 50.7 Å². The second-order valence-corrected chi connectivity index (χ2v) is 26.5. The molecule has 636 valence electrons. The zero-order valence-electron chi connectivity index (χ0n) is 70.0. The van der Waals surface area contributed by atoms with Gasteiger partial charge in [0.05, 0.1) is 21.3 Å². The first-order valence-corrected chi connectivity index (χ1v) is 38.7. The number of ether oxygens (including phenoxy) is 3. The van der Waals surface area contributed by atoms with E-state index in [2.05, 4.69) is 144 Å². The van der Waals surface area contributed by atoms with E-state index in [1.165, 1.54) is 14.2 Å². The van der Waals surface area contributed by atoms with Gasteiger partial charge in [-0.1, -0.05) is 168 Å². The Labute approximate surface area is 724 Å². The Hall–Kier alpha value is -17.6. The summed E-state index contributed by atoms with van der Waals surface area (Å²) in [6.07, 6.45) is 0. The molecule has 10 aromatic carbocycles. The van der Waals surface area contributed by atoms with Crippen LogP contribution in [0, 0.1) is 27.7 Å². The number of aromatic nitrogens is 15. The van der Waals surface area contributed by atoms with Crippen molar-refractivity contribution >= 4 is 135 Å². The average molecular weight is 1690 g/mol. The van der Waals surface area contributed by atoms with E-state index in [9.17, 15) is 24.0 Å². The molecule has 0 atom stereocenters. The normalized spacial score (nSPS) is 10.1. The summed E-state index contributed by atoms with van der Waals surface area (Å²) in [7, 11) is 9.54. The lowest BCUT2D eigenvalue weighted by Gasteiger charge is -2.10. The van der Waals surface area contributed by atoms with Crippen LogP contribution in [-0.2, 0) is 0 Å². The number of nitrogens with zero attached hydrogens (tertiary/aromatic N) is 15. The summed E-state index contributed by atoms with van der Waals surface area (Å²) in [6, 6.07) is 83.5. The maximum atomic E-state index is 12.4. The number of benzene rings is 10. The van der Waals surface area contributed by atoms with Gasteiger partial charge < -0.3 is 56.7 Å². The number of nitrogens with one attached hydrogen (secondary N) is 13. The lowest BCUT2D eigenvalue weighted by Crippen LogP contribution is -2.16. The van der Waals surface area contributed by atoms with Gasteiger partial charge in [-0.05, 0) is 155 Å². The summed E-state index contributed by atoms with van der Waals surface area (Å²) in [5.41, 5.74) is 10.9. The quantitative estimate of drug-likeness (QED) is 0.0239. The first-order valence-electron chi connectivity index (χ1n) is 38.7. The summed E-state index contributed by atoms with van der Waals surface area (Å²) in [4.78, 5) is 125. The van der Waals surface area contributed by atoms with Crippen molar-refractivity contribution in [3.05, 3.63) is 323 Å². The van der Waals surface area contributed by atoms with Crippen molar-refractivity contribution in [2.24, 2.45) is 0 Å². The third kappa shape index (κ3) is 28.3. The SMILES string of the molecule is CNc1nc(NC(=O)c2ccc(C)cc2)nc(Nc2ccccc2)n1.CNc1nc(NC(=O)c2cccc(C)c2)nc(Nc2ccccc2)n1.CNc1nc(NC(=O)c2cccc(OC)c2)nc(Nc2ccccc2)n1.COc1nc(NC(=O)c2ccc(C)cc2)nc(Nc2ccccc2)n1.COc1nc(NC(=O)c2cccc(C)c2)nc(Nc2ccccc2)n1. The number of rotatable bonds is 26. The highest BCUT2D eigenvalue weighted by Gasteiger charge is 2.19. The molecule has 15 aromatic rings. The van der Waals surface area contributed by atoms with Crippen molar-refractivity contribution in [2.75, 3.05) is 112 Å². The van der Waals surface area contributed by atoms with Crippen LogP contribution in [0.25, 0.3) is 0 Å². The van der Waals surface area contributed by atoms with Gasteiger partial charge in [0.25, 0.3) is 29.5 Å². The molecule has 15 rings (SSSR count). The maximum Gasteiger partial charge on any atom is 0.322 e. The summed E-state index contributed by atoms with van der Waals surface area (Å²) in [6.45, 7) is 7.78. The van der Waals surface area contributed by atoms with Gasteiger partial charge in [0.1, 0.15) is 5.75 Å². The molecule has 5 aromatic heterocycles. The Morgan fingerprint density at radius 2 is 0.444 bits per heavy atom. The van der Waals surface area contributed by atoms with E-state index in [1.54, 1.807) is 101 Å². The van der Waals surface area contributed by atoms with Crippen molar-refractivity contribution in [2.45, 2.75) is 27.7 Å². The smallest absolute Gasteiger partial charge is 0.322 e. The fraction of sp³-hybridized carbons (Fsp3) is 0.111. The molecule has 0 aliphatic heterocycles. The topological polar surface area (TPSA) is 463 Å². The summed E-state index contributed by atoms with van der Waals surface area (Å²) >= 11 is 0. The minimum Gasteiger partial charge on any atom is -0.497 e. The van der Waals surface area contributed by atoms with Gasteiger partial charge in [-0.25, -0.2) is 0 Å². The van der Waals surface area contributed by atoms with Gasteiger partial charge in [-0.2, -0.15) is 74.8 Å². The zero-order chi connectivity index (χ0) is 88.9. The molecule has 36 nitrogen and oxygen atoms in total. The van der Waals surface area contributed by atoms with Gasteiger partial charge >= 0.3 is 12.0 Å². The van der Waals surface area contributed by atoms with Crippen molar-refractivity contribution in [1.29, 1.82) is 0 Å². The van der Waals surface area contributed by atoms with Gasteiger partial charge in [0.2, 0.25) is 77.3 Å². The Kier molecular flexibility index (Phi) is 32.2. The number of amides is 5. The molecule has 0 bridgehead atoms. The van der Waals surface area contributed by atoms with Crippen molar-refractivity contribution in [3.8, 4) is 17.8 Å². The molecular weight excluding hydrogens is 1600 g/mol. The highest BCUT2D eigenvalue weighted by molar-refractivity contribution is 6.06. The Morgan fingerprint density at radius 1 is 0.214 bits per heavy atom. The van der Waals surface area contributed by atoms with Gasteiger partial charge in [-0.15, -0.1) is 0 Å². The lowest BCUT2D eigenvalue weighted by atomic mass is 10.1. The van der Waals surface area contributed by atoms with E-state index in [0.29, 0.717) is 69.3 Å². The fourth-order valence-electron chi connectivity index (χ4n) is 10.8. The molecule has 0 fully saturated rings. The van der Waals surface area contributed by atoms with E-state index in [1.807, 2.05) is 228 Å². The van der Waals surface area contributed by atoms with Crippen molar-refractivity contribution in [3.63, 3.8) is 0 Å². The molecule has 0 aliphatic carbocycles.